The van der Waals surface area contributed by atoms with Gasteiger partial charge in [-0.15, -0.1) is 0 Å². The molecule has 2 aromatic heterocycles. The van der Waals surface area contributed by atoms with Crippen LogP contribution in [0.1, 0.15) is 29.7 Å². The molecular weight excluding hydrogens is 246 g/mol. The largest absolute Gasteiger partial charge is 0.326 e. The quantitative estimate of drug-likeness (QED) is 0.733. The highest BCUT2D eigenvalue weighted by Crippen LogP contribution is 2.39. The summed E-state index contributed by atoms with van der Waals surface area (Å²) >= 11 is 0. The average molecular weight is 263 g/mol. The molecule has 2 heterocycles. The Morgan fingerprint density at radius 2 is 2.10 bits per heavy atom. The van der Waals surface area contributed by atoms with Gasteiger partial charge in [-0.1, -0.05) is 37.3 Å². The predicted octanol–water partition coefficient (Wildman–Crippen LogP) is 3.12. The van der Waals surface area contributed by atoms with Crippen molar-refractivity contribution in [2.45, 2.75) is 25.8 Å². The maximum Gasteiger partial charge on any atom is 0.137 e. The van der Waals surface area contributed by atoms with E-state index in [0.29, 0.717) is 12.5 Å². The normalized spacial score (nSPS) is 17.0. The van der Waals surface area contributed by atoms with Crippen LogP contribution in [0, 0.1) is 0 Å². The molecule has 3 aromatic rings. The van der Waals surface area contributed by atoms with E-state index >= 15 is 0 Å². The van der Waals surface area contributed by atoms with Gasteiger partial charge in [0.15, 0.2) is 0 Å². The maximum absolute atomic E-state index is 5.76. The lowest BCUT2D eigenvalue weighted by atomic mass is 9.84. The Labute approximate surface area is 118 Å². The first-order valence-electron chi connectivity index (χ1n) is 7.07. The third-order valence-corrected chi connectivity index (χ3v) is 4.26. The second kappa shape index (κ2) is 4.18. The van der Waals surface area contributed by atoms with Gasteiger partial charge in [0.05, 0.1) is 11.4 Å². The molecule has 3 heteroatoms. The smallest absolute Gasteiger partial charge is 0.137 e. The fraction of sp³-hybridized carbons (Fsp3) is 0.235. The number of imidazole rings is 1. The van der Waals surface area contributed by atoms with Crippen LogP contribution in [-0.4, -0.2) is 9.38 Å². The molecule has 0 saturated heterocycles. The molecular formula is C17H17N3. The average Bonchev–Trinajstić information content (AvgIpc) is 2.85. The van der Waals surface area contributed by atoms with Crippen molar-refractivity contribution in [1.82, 2.24) is 9.38 Å². The van der Waals surface area contributed by atoms with E-state index in [-0.39, 0.29) is 0 Å². The highest BCUT2D eigenvalue weighted by atomic mass is 15.0. The van der Waals surface area contributed by atoms with E-state index in [9.17, 15) is 0 Å². The molecule has 0 amide bonds. The summed E-state index contributed by atoms with van der Waals surface area (Å²) in [6.07, 6.45) is 3.16. The van der Waals surface area contributed by atoms with Crippen LogP contribution in [0.4, 0.5) is 0 Å². The summed E-state index contributed by atoms with van der Waals surface area (Å²) in [6, 6.07) is 12.7. The minimum Gasteiger partial charge on any atom is -0.326 e. The molecule has 0 aliphatic heterocycles. The number of hydrogen-bond acceptors (Lipinski definition) is 2. The third-order valence-electron chi connectivity index (χ3n) is 4.26. The summed E-state index contributed by atoms with van der Waals surface area (Å²) in [5, 5.41) is 0. The van der Waals surface area contributed by atoms with E-state index < -0.39 is 0 Å². The summed E-state index contributed by atoms with van der Waals surface area (Å²) in [7, 11) is 0. The summed E-state index contributed by atoms with van der Waals surface area (Å²) in [6.45, 7) is 2.85. The van der Waals surface area contributed by atoms with E-state index in [1.165, 1.54) is 16.8 Å². The van der Waals surface area contributed by atoms with Crippen LogP contribution in [0.5, 0.6) is 0 Å². The molecule has 1 aliphatic rings. The molecule has 1 atom stereocenters. The Hall–Kier alpha value is -2.13. The lowest BCUT2D eigenvalue weighted by Crippen LogP contribution is -2.10. The zero-order chi connectivity index (χ0) is 13.7. The second-order valence-corrected chi connectivity index (χ2v) is 5.57. The number of rotatable bonds is 1. The molecule has 1 unspecified atom stereocenters. The number of hydrogen-bond donors (Lipinski definition) is 1. The first-order valence-corrected chi connectivity index (χ1v) is 7.07. The molecule has 0 saturated carbocycles. The second-order valence-electron chi connectivity index (χ2n) is 5.57. The molecule has 0 bridgehead atoms. The molecule has 100 valence electrons. The van der Waals surface area contributed by atoms with Gasteiger partial charge >= 0.3 is 0 Å². The Morgan fingerprint density at radius 1 is 1.25 bits per heavy atom. The van der Waals surface area contributed by atoms with Crippen molar-refractivity contribution < 1.29 is 0 Å². The zero-order valence-corrected chi connectivity index (χ0v) is 11.5. The number of benzene rings is 1. The molecule has 0 spiro atoms. The van der Waals surface area contributed by atoms with Crippen molar-refractivity contribution in [2.75, 3.05) is 0 Å². The lowest BCUT2D eigenvalue weighted by molar-refractivity contribution is 0.723. The Morgan fingerprint density at radius 3 is 2.95 bits per heavy atom. The monoisotopic (exact) mass is 263 g/mol. The number of pyridine rings is 1. The van der Waals surface area contributed by atoms with Gasteiger partial charge in [-0.3, -0.25) is 0 Å². The van der Waals surface area contributed by atoms with Crippen molar-refractivity contribution in [1.29, 1.82) is 0 Å². The summed E-state index contributed by atoms with van der Waals surface area (Å²) in [5.74, 6) is 0.528. The maximum atomic E-state index is 5.76. The third kappa shape index (κ3) is 1.53. The Balaban J connectivity index is 2.04. The minimum atomic E-state index is 0.528. The van der Waals surface area contributed by atoms with E-state index in [4.69, 9.17) is 10.7 Å². The summed E-state index contributed by atoms with van der Waals surface area (Å²) in [5.41, 5.74) is 13.0. The SMILES string of the molecule is CC1Cc2c(nc3ccc(CN)cn23)-c2ccccc21. The van der Waals surface area contributed by atoms with Gasteiger partial charge < -0.3 is 10.1 Å². The highest BCUT2D eigenvalue weighted by molar-refractivity contribution is 5.72. The molecule has 20 heavy (non-hydrogen) atoms. The topological polar surface area (TPSA) is 43.3 Å². The van der Waals surface area contributed by atoms with Crippen molar-refractivity contribution in [3.63, 3.8) is 0 Å². The first-order chi connectivity index (χ1) is 9.78. The molecule has 1 aliphatic carbocycles. The van der Waals surface area contributed by atoms with Gasteiger partial charge in [0.25, 0.3) is 0 Å². The van der Waals surface area contributed by atoms with Gasteiger partial charge in [0.2, 0.25) is 0 Å². The highest BCUT2D eigenvalue weighted by Gasteiger charge is 2.25. The van der Waals surface area contributed by atoms with Gasteiger partial charge in [-0.25, -0.2) is 4.98 Å². The summed E-state index contributed by atoms with van der Waals surface area (Å²) in [4.78, 5) is 4.83. The molecule has 4 rings (SSSR count). The van der Waals surface area contributed by atoms with Gasteiger partial charge in [0.1, 0.15) is 5.65 Å². The van der Waals surface area contributed by atoms with Crippen LogP contribution in [0.25, 0.3) is 16.9 Å². The summed E-state index contributed by atoms with van der Waals surface area (Å²) < 4.78 is 2.21. The van der Waals surface area contributed by atoms with Crippen LogP contribution in [0.3, 0.4) is 0 Å². The van der Waals surface area contributed by atoms with Crippen molar-refractivity contribution in [3.8, 4) is 11.3 Å². The molecule has 2 N–H and O–H groups in total. The Bertz CT molecular complexity index is 801. The first kappa shape index (κ1) is 11.7. The van der Waals surface area contributed by atoms with Crippen molar-refractivity contribution >= 4 is 5.65 Å². The van der Waals surface area contributed by atoms with E-state index in [1.54, 1.807) is 0 Å². The van der Waals surface area contributed by atoms with E-state index in [0.717, 1.165) is 23.3 Å². The standard InChI is InChI=1S/C17H17N3/c1-11-8-15-17(14-5-3-2-4-13(11)14)19-16-7-6-12(9-18)10-20(15)16/h2-7,10-11H,8-9,18H2,1H3. The number of aromatic nitrogens is 2. The van der Waals surface area contributed by atoms with E-state index in [1.807, 2.05) is 0 Å². The van der Waals surface area contributed by atoms with Crippen LogP contribution in [-0.2, 0) is 13.0 Å². The molecule has 3 nitrogen and oxygen atoms in total. The minimum absolute atomic E-state index is 0.528. The van der Waals surface area contributed by atoms with Crippen LogP contribution >= 0.6 is 0 Å². The fourth-order valence-electron chi connectivity index (χ4n) is 3.21. The van der Waals surface area contributed by atoms with Crippen LogP contribution in [0.15, 0.2) is 42.6 Å². The zero-order valence-electron chi connectivity index (χ0n) is 11.5. The fourth-order valence-corrected chi connectivity index (χ4v) is 3.21. The van der Waals surface area contributed by atoms with Gasteiger partial charge in [-0.05, 0) is 29.5 Å². The van der Waals surface area contributed by atoms with Crippen LogP contribution < -0.4 is 5.73 Å². The molecule has 1 aromatic carbocycles. The number of nitrogens with zero attached hydrogens (tertiary/aromatic N) is 2. The van der Waals surface area contributed by atoms with Gasteiger partial charge in [-0.2, -0.15) is 0 Å². The van der Waals surface area contributed by atoms with Crippen molar-refractivity contribution in [2.24, 2.45) is 5.73 Å². The Kier molecular flexibility index (Phi) is 2.44. The van der Waals surface area contributed by atoms with Gasteiger partial charge in [0, 0.05) is 18.3 Å². The number of nitrogens with two attached hydrogens (primary N) is 1. The van der Waals surface area contributed by atoms with Crippen molar-refractivity contribution in [3.05, 3.63) is 59.4 Å². The number of fused-ring (bicyclic) bond motifs is 5. The molecule has 0 radical (unpaired) electrons. The predicted molar refractivity (Wildman–Crippen MR) is 80.6 cm³/mol. The van der Waals surface area contributed by atoms with E-state index in [2.05, 4.69) is 53.9 Å². The lowest BCUT2D eigenvalue weighted by Gasteiger charge is -2.22. The molecule has 0 fully saturated rings. The van der Waals surface area contributed by atoms with Crippen LogP contribution in [0.2, 0.25) is 0 Å².